The highest BCUT2D eigenvalue weighted by molar-refractivity contribution is 6.04. The summed E-state index contributed by atoms with van der Waals surface area (Å²) in [5.41, 5.74) is 3.86. The number of methoxy groups -OCH3 is 1. The molecule has 2 atom stereocenters. The topological polar surface area (TPSA) is 85.2 Å². The van der Waals surface area contributed by atoms with Crippen LogP contribution in [0.5, 0.6) is 5.75 Å². The lowest BCUT2D eigenvalue weighted by Gasteiger charge is -2.33. The highest BCUT2D eigenvalue weighted by Gasteiger charge is 2.41. The summed E-state index contributed by atoms with van der Waals surface area (Å²) in [7, 11) is 1.61. The summed E-state index contributed by atoms with van der Waals surface area (Å²) in [5.74, 6) is 0.288. The Bertz CT molecular complexity index is 1330. The van der Waals surface area contributed by atoms with Gasteiger partial charge in [0.15, 0.2) is 0 Å². The summed E-state index contributed by atoms with van der Waals surface area (Å²) in [6.07, 6.45) is 0. The maximum absolute atomic E-state index is 13.4. The molecule has 0 unspecified atom stereocenters. The number of aryl methyl sites for hydroxylation is 1. The Morgan fingerprint density at radius 2 is 1.62 bits per heavy atom. The van der Waals surface area contributed by atoms with Crippen LogP contribution in [0, 0.1) is 6.92 Å². The minimum Gasteiger partial charge on any atom is -0.497 e. The number of fused-ring (bicyclic) bond motifs is 1. The van der Waals surface area contributed by atoms with Gasteiger partial charge < -0.3 is 15.4 Å². The molecule has 7 heteroatoms. The zero-order valence-electron chi connectivity index (χ0n) is 18.9. The Balaban J connectivity index is 1.62. The van der Waals surface area contributed by atoms with Crippen LogP contribution in [0.15, 0.2) is 84.9 Å². The largest absolute Gasteiger partial charge is 0.497 e. The molecule has 3 aromatic carbocycles. The van der Waals surface area contributed by atoms with Crippen molar-refractivity contribution in [1.82, 2.24) is 15.1 Å². The molecule has 7 nitrogen and oxygen atoms in total. The van der Waals surface area contributed by atoms with Crippen molar-refractivity contribution in [1.29, 1.82) is 0 Å². The Kier molecular flexibility index (Phi) is 5.59. The van der Waals surface area contributed by atoms with Crippen LogP contribution in [0.2, 0.25) is 0 Å². The molecule has 170 valence electrons. The third kappa shape index (κ3) is 3.81. The minimum atomic E-state index is -0.819. The molecule has 1 aliphatic heterocycles. The van der Waals surface area contributed by atoms with Gasteiger partial charge in [0.25, 0.3) is 5.91 Å². The van der Waals surface area contributed by atoms with E-state index in [0.29, 0.717) is 17.1 Å². The number of para-hydroxylation sites is 1. The van der Waals surface area contributed by atoms with Gasteiger partial charge in [-0.15, -0.1) is 0 Å². The fourth-order valence-electron chi connectivity index (χ4n) is 4.43. The fraction of sp³-hybridized carbons (Fsp3) is 0.148. The van der Waals surface area contributed by atoms with E-state index >= 15 is 0 Å². The molecule has 0 aliphatic carbocycles. The number of benzene rings is 3. The Hall–Kier alpha value is -4.39. The molecule has 2 heterocycles. The van der Waals surface area contributed by atoms with Gasteiger partial charge in [0, 0.05) is 17.0 Å². The van der Waals surface area contributed by atoms with Crippen molar-refractivity contribution >= 4 is 17.6 Å². The first-order chi connectivity index (χ1) is 16.6. The maximum Gasteiger partial charge on any atom is 0.251 e. The van der Waals surface area contributed by atoms with Crippen molar-refractivity contribution in [3.05, 3.63) is 107 Å². The number of nitrogens with zero attached hydrogens (tertiary/aromatic N) is 2. The van der Waals surface area contributed by atoms with Crippen LogP contribution in [-0.2, 0) is 4.79 Å². The zero-order valence-corrected chi connectivity index (χ0v) is 18.9. The number of ether oxygens (including phenoxy) is 1. The Labute approximate surface area is 197 Å². The lowest BCUT2D eigenvalue weighted by atomic mass is 9.81. The van der Waals surface area contributed by atoms with Crippen molar-refractivity contribution in [2.24, 2.45) is 0 Å². The van der Waals surface area contributed by atoms with Gasteiger partial charge in [-0.1, -0.05) is 48.5 Å². The summed E-state index contributed by atoms with van der Waals surface area (Å²) in [4.78, 5) is 26.5. The second-order valence-electron chi connectivity index (χ2n) is 8.15. The normalized spacial score (nSPS) is 16.9. The van der Waals surface area contributed by atoms with E-state index in [9.17, 15) is 9.59 Å². The summed E-state index contributed by atoms with van der Waals surface area (Å²) in [5, 5.41) is 10.7. The first kappa shape index (κ1) is 21.5. The molecule has 1 aromatic heterocycles. The summed E-state index contributed by atoms with van der Waals surface area (Å²) < 4.78 is 7.06. The van der Waals surface area contributed by atoms with Crippen molar-refractivity contribution < 1.29 is 14.3 Å². The maximum atomic E-state index is 13.4. The zero-order chi connectivity index (χ0) is 23.7. The third-order valence-corrected chi connectivity index (χ3v) is 6.07. The summed E-state index contributed by atoms with van der Waals surface area (Å²) in [6.45, 7) is 1.92. The molecule has 2 N–H and O–H groups in total. The summed E-state index contributed by atoms with van der Waals surface area (Å²) >= 11 is 0. The number of amides is 2. The molecular formula is C27H24N4O3. The predicted molar refractivity (Wildman–Crippen MR) is 129 cm³/mol. The average Bonchev–Trinajstić information content (AvgIpc) is 3.21. The standard InChI is InChI=1S/C27H24N4O3/c1-17-22-23(18-13-15-21(34-2)16-14-18)24(28-26(32)19-9-5-3-6-10-19)27(33)29-25(22)31(30-17)20-11-7-4-8-12-20/h3-16,23-24H,1-2H3,(H,28,32)(H,29,33)/t23-,24+/m1/s1. The number of hydrogen-bond donors (Lipinski definition) is 2. The molecule has 0 bridgehead atoms. The number of rotatable bonds is 5. The number of carbonyl (C=O) groups excluding carboxylic acids is 2. The van der Waals surface area contributed by atoms with Gasteiger partial charge in [-0.3, -0.25) is 9.59 Å². The molecular weight excluding hydrogens is 428 g/mol. The number of anilines is 1. The first-order valence-corrected chi connectivity index (χ1v) is 11.0. The number of nitrogens with one attached hydrogen (secondary N) is 2. The van der Waals surface area contributed by atoms with Gasteiger partial charge in [-0.05, 0) is 48.9 Å². The van der Waals surface area contributed by atoms with E-state index in [0.717, 1.165) is 22.5 Å². The molecule has 0 spiro atoms. The smallest absolute Gasteiger partial charge is 0.251 e. The molecule has 0 fully saturated rings. The highest BCUT2D eigenvalue weighted by atomic mass is 16.5. The second-order valence-corrected chi connectivity index (χ2v) is 8.15. The van der Waals surface area contributed by atoms with E-state index in [4.69, 9.17) is 9.84 Å². The molecule has 0 saturated heterocycles. The van der Waals surface area contributed by atoms with E-state index in [2.05, 4.69) is 10.6 Å². The van der Waals surface area contributed by atoms with E-state index in [1.54, 1.807) is 36.1 Å². The van der Waals surface area contributed by atoms with Crippen LogP contribution in [0.1, 0.15) is 33.1 Å². The van der Waals surface area contributed by atoms with Crippen molar-refractivity contribution in [2.75, 3.05) is 12.4 Å². The van der Waals surface area contributed by atoms with E-state index < -0.39 is 12.0 Å². The SMILES string of the molecule is COc1ccc([C@@H]2c3c(C)nn(-c4ccccc4)c3NC(=O)[C@H]2NC(=O)c2ccccc2)cc1. The van der Waals surface area contributed by atoms with Gasteiger partial charge in [0.1, 0.15) is 17.6 Å². The number of carbonyl (C=O) groups is 2. The molecule has 0 saturated carbocycles. The van der Waals surface area contributed by atoms with Crippen LogP contribution >= 0.6 is 0 Å². The monoisotopic (exact) mass is 452 g/mol. The Morgan fingerprint density at radius 1 is 0.971 bits per heavy atom. The molecule has 0 radical (unpaired) electrons. The van der Waals surface area contributed by atoms with Crippen molar-refractivity contribution in [3.63, 3.8) is 0 Å². The number of aromatic nitrogens is 2. The van der Waals surface area contributed by atoms with Crippen molar-refractivity contribution in [2.45, 2.75) is 18.9 Å². The average molecular weight is 453 g/mol. The van der Waals surface area contributed by atoms with Gasteiger partial charge in [-0.25, -0.2) is 4.68 Å². The van der Waals surface area contributed by atoms with Crippen LogP contribution in [0.25, 0.3) is 5.69 Å². The Morgan fingerprint density at radius 3 is 2.26 bits per heavy atom. The summed E-state index contributed by atoms with van der Waals surface area (Å²) in [6, 6.07) is 25.3. The van der Waals surface area contributed by atoms with Gasteiger partial charge >= 0.3 is 0 Å². The van der Waals surface area contributed by atoms with Gasteiger partial charge in [0.05, 0.1) is 18.5 Å². The molecule has 1 aliphatic rings. The van der Waals surface area contributed by atoms with Gasteiger partial charge in [-0.2, -0.15) is 5.10 Å². The molecule has 2 amide bonds. The second kappa shape index (κ2) is 8.86. The number of hydrogen-bond acceptors (Lipinski definition) is 4. The minimum absolute atomic E-state index is 0.297. The van der Waals surface area contributed by atoms with E-state index in [1.807, 2.05) is 67.6 Å². The van der Waals surface area contributed by atoms with Crippen molar-refractivity contribution in [3.8, 4) is 11.4 Å². The lowest BCUT2D eigenvalue weighted by molar-refractivity contribution is -0.118. The molecule has 34 heavy (non-hydrogen) atoms. The van der Waals surface area contributed by atoms with E-state index in [1.165, 1.54) is 0 Å². The quantitative estimate of drug-likeness (QED) is 0.478. The van der Waals surface area contributed by atoms with E-state index in [-0.39, 0.29) is 11.8 Å². The van der Waals surface area contributed by atoms with Crippen LogP contribution < -0.4 is 15.4 Å². The fourth-order valence-corrected chi connectivity index (χ4v) is 4.43. The predicted octanol–water partition coefficient (Wildman–Crippen LogP) is 4.07. The van der Waals surface area contributed by atoms with Gasteiger partial charge in [0.2, 0.25) is 5.91 Å². The third-order valence-electron chi connectivity index (χ3n) is 6.07. The van der Waals surface area contributed by atoms with Crippen LogP contribution in [0.4, 0.5) is 5.82 Å². The highest BCUT2D eigenvalue weighted by Crippen LogP contribution is 2.41. The molecule has 4 aromatic rings. The molecule has 5 rings (SSSR count). The first-order valence-electron chi connectivity index (χ1n) is 11.0. The van der Waals surface area contributed by atoms with Crippen LogP contribution in [0.3, 0.4) is 0 Å². The van der Waals surface area contributed by atoms with Crippen LogP contribution in [-0.4, -0.2) is 34.7 Å². The lowest BCUT2D eigenvalue weighted by Crippen LogP contribution is -2.50.